The van der Waals surface area contributed by atoms with E-state index in [4.69, 9.17) is 0 Å². The molecule has 26 heavy (non-hydrogen) atoms. The van der Waals surface area contributed by atoms with Crippen molar-refractivity contribution in [2.45, 2.75) is 4.90 Å². The quantitative estimate of drug-likeness (QED) is 0.276. The normalized spacial score (nSPS) is 10.4. The molecule has 134 valence electrons. The Kier molecular flexibility index (Phi) is 6.92. The first-order valence-corrected chi connectivity index (χ1v) is 8.73. The Bertz CT molecular complexity index is 817. The molecule has 0 aliphatic heterocycles. The molecular weight excluding hydrogens is 354 g/mol. The summed E-state index contributed by atoms with van der Waals surface area (Å²) in [7, 11) is 1.28. The Morgan fingerprint density at radius 3 is 2.23 bits per heavy atom. The summed E-state index contributed by atoms with van der Waals surface area (Å²) >= 11 is 1.62. The van der Waals surface area contributed by atoms with Gasteiger partial charge in [0.1, 0.15) is 0 Å². The van der Waals surface area contributed by atoms with Gasteiger partial charge in [0, 0.05) is 10.6 Å². The number of anilines is 1. The third-order valence-electron chi connectivity index (χ3n) is 3.27. The lowest BCUT2D eigenvalue weighted by atomic mass is 10.2. The number of methoxy groups -OCH3 is 1. The standard InChI is InChI=1S/C18H17N3O4S/c1-25-18(24)13-5-7-14(8-6-13)20-16(22)17(23)21-19-11-12-3-9-15(26-2)10-4-12/h3-11H,1-2H3,(H,20,22)(H,21,23)/b19-11-. The van der Waals surface area contributed by atoms with E-state index in [2.05, 4.69) is 20.6 Å². The number of ether oxygens (including phenoxy) is 1. The SMILES string of the molecule is COC(=O)c1ccc(NC(=O)C(=O)N/N=C\c2ccc(SC)cc2)cc1. The van der Waals surface area contributed by atoms with Crippen LogP contribution in [0.5, 0.6) is 0 Å². The van der Waals surface area contributed by atoms with Crippen molar-refractivity contribution < 1.29 is 19.1 Å². The van der Waals surface area contributed by atoms with E-state index in [1.165, 1.54) is 37.6 Å². The van der Waals surface area contributed by atoms with E-state index in [9.17, 15) is 14.4 Å². The second kappa shape index (κ2) is 9.38. The highest BCUT2D eigenvalue weighted by Crippen LogP contribution is 2.14. The molecule has 0 bridgehead atoms. The number of hydrazone groups is 1. The molecule has 2 aromatic carbocycles. The number of carbonyl (C=O) groups is 3. The van der Waals surface area contributed by atoms with Crippen molar-refractivity contribution in [1.29, 1.82) is 0 Å². The zero-order valence-electron chi connectivity index (χ0n) is 14.2. The molecule has 0 aromatic heterocycles. The van der Waals surface area contributed by atoms with Crippen LogP contribution in [0, 0.1) is 0 Å². The van der Waals surface area contributed by atoms with Crippen LogP contribution >= 0.6 is 11.8 Å². The van der Waals surface area contributed by atoms with Crippen LogP contribution in [0.25, 0.3) is 0 Å². The number of esters is 1. The van der Waals surface area contributed by atoms with Crippen LogP contribution in [0.2, 0.25) is 0 Å². The molecule has 0 radical (unpaired) electrons. The van der Waals surface area contributed by atoms with Gasteiger partial charge >= 0.3 is 17.8 Å². The maximum atomic E-state index is 11.8. The molecule has 0 aliphatic rings. The highest BCUT2D eigenvalue weighted by Gasteiger charge is 2.13. The number of thioether (sulfide) groups is 1. The van der Waals surface area contributed by atoms with Gasteiger partial charge in [0.25, 0.3) is 0 Å². The molecule has 0 atom stereocenters. The molecular formula is C18H17N3O4S. The Hall–Kier alpha value is -3.13. The molecule has 2 aromatic rings. The molecule has 0 saturated carbocycles. The molecule has 8 heteroatoms. The molecule has 2 N–H and O–H groups in total. The van der Waals surface area contributed by atoms with Crippen LogP contribution in [-0.4, -0.2) is 37.4 Å². The van der Waals surface area contributed by atoms with Crippen LogP contribution in [0.1, 0.15) is 15.9 Å². The van der Waals surface area contributed by atoms with E-state index in [0.717, 1.165) is 10.5 Å². The number of rotatable bonds is 5. The van der Waals surface area contributed by atoms with Crippen LogP contribution in [0.15, 0.2) is 58.5 Å². The monoisotopic (exact) mass is 371 g/mol. The first kappa shape index (κ1) is 19.2. The van der Waals surface area contributed by atoms with E-state index in [-0.39, 0.29) is 0 Å². The summed E-state index contributed by atoms with van der Waals surface area (Å²) in [6.45, 7) is 0. The molecule has 0 fully saturated rings. The van der Waals surface area contributed by atoms with Crippen LogP contribution < -0.4 is 10.7 Å². The van der Waals surface area contributed by atoms with Crippen molar-refractivity contribution in [3.63, 3.8) is 0 Å². The summed E-state index contributed by atoms with van der Waals surface area (Å²) in [4.78, 5) is 36.0. The van der Waals surface area contributed by atoms with Gasteiger partial charge in [0.15, 0.2) is 0 Å². The second-order valence-corrected chi connectivity index (χ2v) is 5.87. The number of hydrogen-bond donors (Lipinski definition) is 2. The van der Waals surface area contributed by atoms with Crippen molar-refractivity contribution in [1.82, 2.24) is 5.43 Å². The Balaban J connectivity index is 1.87. The first-order chi connectivity index (χ1) is 12.5. The predicted molar refractivity (Wildman–Crippen MR) is 100 cm³/mol. The number of benzene rings is 2. The van der Waals surface area contributed by atoms with E-state index < -0.39 is 17.8 Å². The lowest BCUT2D eigenvalue weighted by molar-refractivity contribution is -0.136. The molecule has 2 rings (SSSR count). The largest absolute Gasteiger partial charge is 0.465 e. The summed E-state index contributed by atoms with van der Waals surface area (Å²) in [6.07, 6.45) is 3.42. The van der Waals surface area contributed by atoms with Crippen LogP contribution in [-0.2, 0) is 14.3 Å². The van der Waals surface area contributed by atoms with Gasteiger partial charge < -0.3 is 10.1 Å². The van der Waals surface area contributed by atoms with Gasteiger partial charge in [0.2, 0.25) is 0 Å². The van der Waals surface area contributed by atoms with E-state index in [1.54, 1.807) is 11.8 Å². The maximum absolute atomic E-state index is 11.8. The summed E-state index contributed by atoms with van der Waals surface area (Å²) in [5.41, 5.74) is 3.66. The highest BCUT2D eigenvalue weighted by molar-refractivity contribution is 7.98. The van der Waals surface area contributed by atoms with Gasteiger partial charge in [-0.2, -0.15) is 5.10 Å². The summed E-state index contributed by atoms with van der Waals surface area (Å²) in [6, 6.07) is 13.5. The highest BCUT2D eigenvalue weighted by atomic mass is 32.2. The van der Waals surface area contributed by atoms with Gasteiger partial charge in [-0.1, -0.05) is 12.1 Å². The lowest BCUT2D eigenvalue weighted by Crippen LogP contribution is -2.32. The number of amides is 2. The summed E-state index contributed by atoms with van der Waals surface area (Å²) in [5.74, 6) is -2.26. The zero-order valence-corrected chi connectivity index (χ0v) is 15.0. The number of carbonyl (C=O) groups excluding carboxylic acids is 3. The molecule has 0 aliphatic carbocycles. The lowest BCUT2D eigenvalue weighted by Gasteiger charge is -2.05. The third-order valence-corrected chi connectivity index (χ3v) is 4.01. The molecule has 0 heterocycles. The molecule has 0 spiro atoms. The van der Waals surface area contributed by atoms with Crippen molar-refractivity contribution >= 4 is 41.4 Å². The zero-order chi connectivity index (χ0) is 18.9. The van der Waals surface area contributed by atoms with Gasteiger partial charge in [0.05, 0.1) is 18.9 Å². The van der Waals surface area contributed by atoms with Crippen molar-refractivity contribution in [2.24, 2.45) is 5.10 Å². The fourth-order valence-electron chi connectivity index (χ4n) is 1.90. The molecule has 0 saturated heterocycles. The third kappa shape index (κ3) is 5.45. The van der Waals surface area contributed by atoms with Crippen LogP contribution in [0.3, 0.4) is 0 Å². The fraction of sp³-hybridized carbons (Fsp3) is 0.111. The Morgan fingerprint density at radius 1 is 1.00 bits per heavy atom. The Morgan fingerprint density at radius 2 is 1.65 bits per heavy atom. The number of hydrogen-bond acceptors (Lipinski definition) is 6. The minimum Gasteiger partial charge on any atom is -0.465 e. The van der Waals surface area contributed by atoms with E-state index in [1.807, 2.05) is 30.5 Å². The maximum Gasteiger partial charge on any atom is 0.337 e. The summed E-state index contributed by atoms with van der Waals surface area (Å²) < 4.78 is 4.58. The number of nitrogens with zero attached hydrogens (tertiary/aromatic N) is 1. The summed E-state index contributed by atoms with van der Waals surface area (Å²) in [5, 5.41) is 6.16. The van der Waals surface area contributed by atoms with Gasteiger partial charge in [-0.3, -0.25) is 9.59 Å². The molecule has 2 amide bonds. The van der Waals surface area contributed by atoms with Crippen LogP contribution in [0.4, 0.5) is 5.69 Å². The smallest absolute Gasteiger partial charge is 0.337 e. The first-order valence-electron chi connectivity index (χ1n) is 7.50. The average Bonchev–Trinajstić information content (AvgIpc) is 2.68. The van der Waals surface area contributed by atoms with E-state index in [0.29, 0.717) is 11.3 Å². The Labute approximate surface area is 154 Å². The fourth-order valence-corrected chi connectivity index (χ4v) is 2.31. The van der Waals surface area contributed by atoms with Gasteiger partial charge in [-0.15, -0.1) is 11.8 Å². The topological polar surface area (TPSA) is 96.9 Å². The average molecular weight is 371 g/mol. The molecule has 7 nitrogen and oxygen atoms in total. The van der Waals surface area contributed by atoms with E-state index >= 15 is 0 Å². The second-order valence-electron chi connectivity index (χ2n) is 5.00. The molecule has 0 unspecified atom stereocenters. The number of nitrogens with one attached hydrogen (secondary N) is 2. The minimum atomic E-state index is -0.904. The predicted octanol–water partition coefficient (Wildman–Crippen LogP) is 2.28. The van der Waals surface area contributed by atoms with Crippen molar-refractivity contribution in [3.8, 4) is 0 Å². The minimum absolute atomic E-state index is 0.340. The van der Waals surface area contributed by atoms with Crippen molar-refractivity contribution in [3.05, 3.63) is 59.7 Å². The van der Waals surface area contributed by atoms with Gasteiger partial charge in [-0.05, 0) is 48.2 Å². The van der Waals surface area contributed by atoms with Gasteiger partial charge in [-0.25, -0.2) is 10.2 Å². The van der Waals surface area contributed by atoms with Crippen molar-refractivity contribution in [2.75, 3.05) is 18.7 Å².